The number of nitrogens with two attached hydrogens (primary N) is 1. The van der Waals surface area contributed by atoms with Gasteiger partial charge in [0.2, 0.25) is 0 Å². The smallest absolute Gasteiger partial charge is 0.164 e. The molecule has 8 nitrogen and oxygen atoms in total. The molecule has 0 amide bonds. The zero-order valence-corrected chi connectivity index (χ0v) is 15.4. The summed E-state index contributed by atoms with van der Waals surface area (Å²) in [5, 5.41) is 30.5. The highest BCUT2D eigenvalue weighted by molar-refractivity contribution is 7.98. The van der Waals surface area contributed by atoms with Gasteiger partial charge in [-0.2, -0.15) is 0 Å². The highest BCUT2D eigenvalue weighted by Gasteiger charge is 2.44. The number of rotatable bonds is 4. The molecule has 142 valence electrons. The van der Waals surface area contributed by atoms with E-state index in [0.29, 0.717) is 16.9 Å². The van der Waals surface area contributed by atoms with Crippen LogP contribution in [0.3, 0.4) is 0 Å². The van der Waals surface area contributed by atoms with E-state index in [0.717, 1.165) is 16.0 Å². The molecular formula is C18H20N4O4S. The quantitative estimate of drug-likeness (QED) is 0.488. The number of ether oxygens (including phenoxy) is 1. The second-order valence-electron chi connectivity index (χ2n) is 6.36. The van der Waals surface area contributed by atoms with Gasteiger partial charge < -0.3 is 30.4 Å². The molecule has 0 spiro atoms. The molecule has 1 aliphatic heterocycles. The van der Waals surface area contributed by atoms with Crippen LogP contribution in [0, 0.1) is 0 Å². The minimum absolute atomic E-state index is 0.314. The predicted molar refractivity (Wildman–Crippen MR) is 102 cm³/mol. The van der Waals surface area contributed by atoms with Gasteiger partial charge in [-0.05, 0) is 24.0 Å². The molecule has 1 saturated heterocycles. The number of fused-ring (bicyclic) bond motifs is 1. The van der Waals surface area contributed by atoms with Gasteiger partial charge in [0.1, 0.15) is 36.1 Å². The van der Waals surface area contributed by atoms with E-state index in [9.17, 15) is 15.3 Å². The van der Waals surface area contributed by atoms with Gasteiger partial charge in [-0.25, -0.2) is 9.97 Å². The first-order valence-corrected chi connectivity index (χ1v) is 9.65. The summed E-state index contributed by atoms with van der Waals surface area (Å²) < 4.78 is 7.30. The van der Waals surface area contributed by atoms with Gasteiger partial charge in [0, 0.05) is 16.7 Å². The summed E-state index contributed by atoms with van der Waals surface area (Å²) >= 11 is 1.65. The Morgan fingerprint density at radius 2 is 1.93 bits per heavy atom. The Morgan fingerprint density at radius 3 is 2.56 bits per heavy atom. The average molecular weight is 388 g/mol. The third-order valence-electron chi connectivity index (χ3n) is 4.83. The van der Waals surface area contributed by atoms with E-state index < -0.39 is 31.1 Å². The molecule has 3 aromatic rings. The molecule has 4 atom stereocenters. The van der Waals surface area contributed by atoms with Crippen LogP contribution in [0.5, 0.6) is 0 Å². The fourth-order valence-corrected chi connectivity index (χ4v) is 3.81. The van der Waals surface area contributed by atoms with Crippen molar-refractivity contribution in [3.05, 3.63) is 36.8 Å². The van der Waals surface area contributed by atoms with Crippen LogP contribution >= 0.6 is 11.8 Å². The predicted octanol–water partition coefficient (Wildman–Crippen LogP) is 1.01. The summed E-state index contributed by atoms with van der Waals surface area (Å²) in [7, 11) is 0. The van der Waals surface area contributed by atoms with Crippen molar-refractivity contribution in [2.45, 2.75) is 29.4 Å². The summed E-state index contributed by atoms with van der Waals surface area (Å²) in [5.74, 6) is 0.314. The lowest BCUT2D eigenvalue weighted by molar-refractivity contribution is -0.0508. The van der Waals surface area contributed by atoms with Gasteiger partial charge in [0.25, 0.3) is 0 Å². The van der Waals surface area contributed by atoms with E-state index in [1.807, 2.05) is 30.5 Å². The van der Waals surface area contributed by atoms with Gasteiger partial charge in [0.05, 0.1) is 12.0 Å². The molecule has 5 N–H and O–H groups in total. The maximum absolute atomic E-state index is 10.4. The van der Waals surface area contributed by atoms with Gasteiger partial charge in [-0.1, -0.05) is 12.1 Å². The molecule has 27 heavy (non-hydrogen) atoms. The second-order valence-corrected chi connectivity index (χ2v) is 7.24. The number of anilines is 1. The van der Waals surface area contributed by atoms with Crippen LogP contribution in [0.15, 0.2) is 41.7 Å². The Bertz CT molecular complexity index is 962. The van der Waals surface area contributed by atoms with Crippen molar-refractivity contribution in [1.82, 2.24) is 14.5 Å². The number of aliphatic hydroxyl groups is 3. The maximum atomic E-state index is 10.4. The first kappa shape index (κ1) is 18.2. The highest BCUT2D eigenvalue weighted by Crippen LogP contribution is 2.38. The van der Waals surface area contributed by atoms with Crippen LogP contribution in [0.4, 0.5) is 5.82 Å². The summed E-state index contributed by atoms with van der Waals surface area (Å²) in [6, 6.07) is 7.98. The molecule has 0 saturated carbocycles. The molecule has 0 radical (unpaired) electrons. The minimum atomic E-state index is -1.21. The van der Waals surface area contributed by atoms with Gasteiger partial charge in [-0.3, -0.25) is 0 Å². The lowest BCUT2D eigenvalue weighted by Gasteiger charge is -2.17. The normalized spacial score (nSPS) is 25.3. The lowest BCUT2D eigenvalue weighted by atomic mass is 10.1. The summed E-state index contributed by atoms with van der Waals surface area (Å²) in [5.41, 5.74) is 8.32. The van der Waals surface area contributed by atoms with Gasteiger partial charge in [0.15, 0.2) is 6.23 Å². The van der Waals surface area contributed by atoms with Crippen LogP contribution in [0.1, 0.15) is 6.23 Å². The number of aliphatic hydroxyl groups excluding tert-OH is 3. The maximum Gasteiger partial charge on any atom is 0.164 e. The summed E-state index contributed by atoms with van der Waals surface area (Å²) in [4.78, 5) is 9.53. The van der Waals surface area contributed by atoms with Crippen LogP contribution in [-0.2, 0) is 4.74 Å². The number of nitrogen functional groups attached to an aromatic ring is 1. The molecule has 1 fully saturated rings. The van der Waals surface area contributed by atoms with Crippen molar-refractivity contribution in [1.29, 1.82) is 0 Å². The number of hydrogen-bond acceptors (Lipinski definition) is 8. The minimum Gasteiger partial charge on any atom is -0.394 e. The Hall–Kier alpha value is -2.17. The lowest BCUT2D eigenvalue weighted by Crippen LogP contribution is -2.33. The molecule has 0 bridgehead atoms. The van der Waals surface area contributed by atoms with E-state index in [1.54, 1.807) is 22.5 Å². The monoisotopic (exact) mass is 388 g/mol. The fraction of sp³-hybridized carbons (Fsp3) is 0.333. The number of hydrogen-bond donors (Lipinski definition) is 4. The van der Waals surface area contributed by atoms with Crippen molar-refractivity contribution in [3.63, 3.8) is 0 Å². The molecule has 3 heterocycles. The first-order chi connectivity index (χ1) is 13.0. The number of benzene rings is 1. The Balaban J connectivity index is 1.87. The van der Waals surface area contributed by atoms with Crippen LogP contribution < -0.4 is 5.73 Å². The first-order valence-electron chi connectivity index (χ1n) is 8.43. The van der Waals surface area contributed by atoms with Gasteiger partial charge in [-0.15, -0.1) is 11.8 Å². The standard InChI is InChI=1S/C18H20N4O4S/c1-27-10-4-2-9(3-5-10)11-6-22(17-13(11)16(19)20-8-21-17)18-15(25)14(24)12(7-23)26-18/h2-6,8,12,14-15,18,23-25H,7H2,1H3,(H2,19,20,21)/t12-,14?,15+,18-/m1/s1. The molecule has 4 rings (SSSR count). The Kier molecular flexibility index (Phi) is 4.79. The molecule has 2 aromatic heterocycles. The van der Waals surface area contributed by atoms with Crippen molar-refractivity contribution >= 4 is 28.6 Å². The highest BCUT2D eigenvalue weighted by atomic mass is 32.2. The van der Waals surface area contributed by atoms with Crippen LogP contribution in [-0.4, -0.2) is 61.0 Å². The fourth-order valence-electron chi connectivity index (χ4n) is 3.40. The largest absolute Gasteiger partial charge is 0.394 e. The van der Waals surface area contributed by atoms with E-state index in [-0.39, 0.29) is 0 Å². The van der Waals surface area contributed by atoms with Crippen molar-refractivity contribution in [2.24, 2.45) is 0 Å². The summed E-state index contributed by atoms with van der Waals surface area (Å²) in [6.07, 6.45) is 0.968. The zero-order valence-electron chi connectivity index (χ0n) is 14.6. The zero-order chi connectivity index (χ0) is 19.1. The SMILES string of the molecule is CSc1ccc(-c2cn([C@@H]3O[C@H](CO)C(O)[C@@H]3O)c3ncnc(N)c23)cc1. The van der Waals surface area contributed by atoms with Crippen LogP contribution in [0.2, 0.25) is 0 Å². The van der Waals surface area contributed by atoms with Crippen LogP contribution in [0.25, 0.3) is 22.2 Å². The number of thioether (sulfide) groups is 1. The third-order valence-corrected chi connectivity index (χ3v) is 5.57. The number of nitrogens with zero attached hydrogens (tertiary/aromatic N) is 3. The Morgan fingerprint density at radius 1 is 1.19 bits per heavy atom. The number of aromatic nitrogens is 3. The molecular weight excluding hydrogens is 368 g/mol. The molecule has 1 aromatic carbocycles. The molecule has 0 aliphatic carbocycles. The van der Waals surface area contributed by atoms with E-state index in [4.69, 9.17) is 10.5 Å². The molecule has 1 aliphatic rings. The van der Waals surface area contributed by atoms with Crippen molar-refractivity contribution in [2.75, 3.05) is 18.6 Å². The van der Waals surface area contributed by atoms with Crippen molar-refractivity contribution < 1.29 is 20.1 Å². The molecule has 9 heteroatoms. The topological polar surface area (TPSA) is 127 Å². The van der Waals surface area contributed by atoms with E-state index >= 15 is 0 Å². The third kappa shape index (κ3) is 2.97. The van der Waals surface area contributed by atoms with Crippen molar-refractivity contribution in [3.8, 4) is 11.1 Å². The van der Waals surface area contributed by atoms with Gasteiger partial charge >= 0.3 is 0 Å². The Labute approximate surface area is 159 Å². The van der Waals surface area contributed by atoms with E-state index in [2.05, 4.69) is 9.97 Å². The van der Waals surface area contributed by atoms with E-state index in [1.165, 1.54) is 6.33 Å². The second kappa shape index (κ2) is 7.10. The molecule has 1 unspecified atom stereocenters. The summed E-state index contributed by atoms with van der Waals surface area (Å²) in [6.45, 7) is -0.395. The average Bonchev–Trinajstić information content (AvgIpc) is 3.21.